The number of aromatic nitrogens is 4. The van der Waals surface area contributed by atoms with E-state index in [0.29, 0.717) is 11.5 Å². The van der Waals surface area contributed by atoms with Crippen LogP contribution in [0.25, 0.3) is 34.5 Å². The molecule has 0 radical (unpaired) electrons. The van der Waals surface area contributed by atoms with E-state index in [4.69, 9.17) is 4.42 Å². The maximum atomic E-state index is 5.79. The summed E-state index contributed by atoms with van der Waals surface area (Å²) in [6, 6.07) is 17.6. The number of oxazole rings is 1. The zero-order chi connectivity index (χ0) is 15.5. The van der Waals surface area contributed by atoms with Gasteiger partial charge < -0.3 is 4.42 Å². The monoisotopic (exact) mass is 300 g/mol. The van der Waals surface area contributed by atoms with Crippen LogP contribution < -0.4 is 0 Å². The molecule has 5 nitrogen and oxygen atoms in total. The van der Waals surface area contributed by atoms with E-state index in [2.05, 4.69) is 20.4 Å². The standard InChI is InChI=1S/C18H12N4O/c1-2-5-13(6-3-1)9-10-17-20-18-14(7-4-8-16(18)23-17)15-11-12-19-22-21-15/h1-12H. The molecule has 2 aromatic carbocycles. The van der Waals surface area contributed by atoms with Gasteiger partial charge in [-0.2, -0.15) is 0 Å². The van der Waals surface area contributed by atoms with Crippen molar-refractivity contribution in [1.82, 2.24) is 20.4 Å². The topological polar surface area (TPSA) is 64.7 Å². The van der Waals surface area contributed by atoms with Crippen molar-refractivity contribution in [3.63, 3.8) is 0 Å². The van der Waals surface area contributed by atoms with Crippen molar-refractivity contribution >= 4 is 23.3 Å². The fraction of sp³-hybridized carbons (Fsp3) is 0. The second-order valence-electron chi connectivity index (χ2n) is 4.95. The highest BCUT2D eigenvalue weighted by molar-refractivity contribution is 5.90. The molecule has 23 heavy (non-hydrogen) atoms. The molecule has 0 atom stereocenters. The van der Waals surface area contributed by atoms with Crippen LogP contribution in [-0.4, -0.2) is 20.4 Å². The van der Waals surface area contributed by atoms with E-state index >= 15 is 0 Å². The minimum Gasteiger partial charge on any atom is -0.437 e. The van der Waals surface area contributed by atoms with Gasteiger partial charge in [-0.1, -0.05) is 42.5 Å². The average molecular weight is 300 g/mol. The van der Waals surface area contributed by atoms with Crippen LogP contribution in [-0.2, 0) is 0 Å². The van der Waals surface area contributed by atoms with E-state index in [1.165, 1.54) is 0 Å². The molecular formula is C18H12N4O. The lowest BCUT2D eigenvalue weighted by molar-refractivity contribution is 0.590. The van der Waals surface area contributed by atoms with Crippen LogP contribution in [0.2, 0.25) is 0 Å². The van der Waals surface area contributed by atoms with Crippen molar-refractivity contribution in [2.24, 2.45) is 0 Å². The lowest BCUT2D eigenvalue weighted by Crippen LogP contribution is -1.89. The summed E-state index contributed by atoms with van der Waals surface area (Å²) in [6.07, 6.45) is 5.44. The molecular weight excluding hydrogens is 288 g/mol. The maximum absolute atomic E-state index is 5.79. The third kappa shape index (κ3) is 2.72. The summed E-state index contributed by atoms with van der Waals surface area (Å²) in [6.45, 7) is 0. The van der Waals surface area contributed by atoms with Gasteiger partial charge in [0.15, 0.2) is 5.58 Å². The summed E-state index contributed by atoms with van der Waals surface area (Å²) in [7, 11) is 0. The molecule has 0 saturated carbocycles. The van der Waals surface area contributed by atoms with E-state index in [1.807, 2.05) is 60.7 Å². The Bertz CT molecular complexity index is 962. The molecule has 0 saturated heterocycles. The van der Waals surface area contributed by atoms with Crippen LogP contribution in [0.3, 0.4) is 0 Å². The predicted molar refractivity (Wildman–Crippen MR) is 88.2 cm³/mol. The molecule has 4 rings (SSSR count). The van der Waals surface area contributed by atoms with Gasteiger partial charge in [-0.25, -0.2) is 4.98 Å². The van der Waals surface area contributed by atoms with Crippen LogP contribution in [0.1, 0.15) is 11.5 Å². The number of benzene rings is 2. The lowest BCUT2D eigenvalue weighted by Gasteiger charge is -1.98. The number of hydrogen-bond donors (Lipinski definition) is 0. The average Bonchev–Trinajstić information content (AvgIpc) is 3.04. The number of hydrogen-bond acceptors (Lipinski definition) is 5. The Morgan fingerprint density at radius 2 is 1.78 bits per heavy atom. The molecule has 2 heterocycles. The van der Waals surface area contributed by atoms with Crippen LogP contribution >= 0.6 is 0 Å². The number of fused-ring (bicyclic) bond motifs is 1. The Kier molecular flexibility index (Phi) is 3.37. The predicted octanol–water partition coefficient (Wildman–Crippen LogP) is 3.85. The summed E-state index contributed by atoms with van der Waals surface area (Å²) in [5.74, 6) is 0.554. The molecule has 2 aromatic heterocycles. The van der Waals surface area contributed by atoms with Crippen LogP contribution in [0, 0.1) is 0 Å². The third-order valence-electron chi connectivity index (χ3n) is 3.43. The van der Waals surface area contributed by atoms with Crippen molar-refractivity contribution in [2.75, 3.05) is 0 Å². The smallest absolute Gasteiger partial charge is 0.220 e. The van der Waals surface area contributed by atoms with Gasteiger partial charge in [0.25, 0.3) is 0 Å². The number of nitrogens with zero attached hydrogens (tertiary/aromatic N) is 4. The lowest BCUT2D eigenvalue weighted by atomic mass is 10.1. The summed E-state index contributed by atoms with van der Waals surface area (Å²) < 4.78 is 5.79. The number of rotatable bonds is 3. The molecule has 0 fully saturated rings. The van der Waals surface area contributed by atoms with Gasteiger partial charge in [-0.3, -0.25) is 0 Å². The van der Waals surface area contributed by atoms with Gasteiger partial charge >= 0.3 is 0 Å². The summed E-state index contributed by atoms with van der Waals surface area (Å²) >= 11 is 0. The van der Waals surface area contributed by atoms with Crippen molar-refractivity contribution < 1.29 is 4.42 Å². The van der Waals surface area contributed by atoms with Crippen molar-refractivity contribution in [3.8, 4) is 11.3 Å². The zero-order valence-electron chi connectivity index (χ0n) is 12.1. The minimum absolute atomic E-state index is 0.554. The first-order valence-electron chi connectivity index (χ1n) is 7.17. The van der Waals surface area contributed by atoms with Crippen LogP contribution in [0.4, 0.5) is 0 Å². The Morgan fingerprint density at radius 1 is 0.870 bits per heavy atom. The molecule has 0 amide bonds. The third-order valence-corrected chi connectivity index (χ3v) is 3.43. The largest absolute Gasteiger partial charge is 0.437 e. The van der Waals surface area contributed by atoms with E-state index in [0.717, 1.165) is 22.3 Å². The van der Waals surface area contributed by atoms with Crippen LogP contribution in [0.5, 0.6) is 0 Å². The van der Waals surface area contributed by atoms with Crippen molar-refractivity contribution in [2.45, 2.75) is 0 Å². The Labute approximate surface area is 132 Å². The first kappa shape index (κ1) is 13.3. The highest BCUT2D eigenvalue weighted by atomic mass is 16.3. The van der Waals surface area contributed by atoms with E-state index in [1.54, 1.807) is 12.3 Å². The van der Waals surface area contributed by atoms with Gasteiger partial charge in [-0.15, -0.1) is 10.2 Å². The van der Waals surface area contributed by atoms with Gasteiger partial charge in [0.05, 0.1) is 11.9 Å². The molecule has 0 spiro atoms. The summed E-state index contributed by atoms with van der Waals surface area (Å²) in [5, 5.41) is 11.4. The molecule has 4 aromatic rings. The molecule has 5 heteroatoms. The second-order valence-corrected chi connectivity index (χ2v) is 4.95. The van der Waals surface area contributed by atoms with Crippen LogP contribution in [0.15, 0.2) is 65.2 Å². The molecule has 0 aliphatic carbocycles. The SMILES string of the molecule is C(=Cc1nc2c(-c3ccnnn3)cccc2o1)c1ccccc1. The minimum atomic E-state index is 0.554. The maximum Gasteiger partial charge on any atom is 0.220 e. The Hall–Kier alpha value is -3.34. The van der Waals surface area contributed by atoms with Gasteiger partial charge in [0, 0.05) is 11.6 Å². The van der Waals surface area contributed by atoms with Gasteiger partial charge in [-0.05, 0) is 29.0 Å². The normalized spacial score (nSPS) is 11.3. The quantitative estimate of drug-likeness (QED) is 0.575. The fourth-order valence-electron chi connectivity index (χ4n) is 2.36. The number of para-hydroxylation sites is 1. The molecule has 0 bridgehead atoms. The second kappa shape index (κ2) is 5.81. The van der Waals surface area contributed by atoms with Gasteiger partial charge in [0.2, 0.25) is 5.89 Å². The molecule has 0 unspecified atom stereocenters. The van der Waals surface area contributed by atoms with Crippen molar-refractivity contribution in [3.05, 3.63) is 72.2 Å². The first-order valence-corrected chi connectivity index (χ1v) is 7.17. The highest BCUT2D eigenvalue weighted by Crippen LogP contribution is 2.27. The Balaban J connectivity index is 1.75. The first-order chi connectivity index (χ1) is 11.4. The molecule has 0 aliphatic rings. The van der Waals surface area contributed by atoms with E-state index in [-0.39, 0.29) is 0 Å². The Morgan fingerprint density at radius 3 is 2.61 bits per heavy atom. The van der Waals surface area contributed by atoms with Gasteiger partial charge in [0.1, 0.15) is 5.52 Å². The van der Waals surface area contributed by atoms with E-state index < -0.39 is 0 Å². The zero-order valence-corrected chi connectivity index (χ0v) is 12.1. The summed E-state index contributed by atoms with van der Waals surface area (Å²) in [4.78, 5) is 4.56. The summed E-state index contributed by atoms with van der Waals surface area (Å²) in [5.41, 5.74) is 4.17. The highest BCUT2D eigenvalue weighted by Gasteiger charge is 2.11. The molecule has 0 N–H and O–H groups in total. The fourth-order valence-corrected chi connectivity index (χ4v) is 2.36. The van der Waals surface area contributed by atoms with E-state index in [9.17, 15) is 0 Å². The van der Waals surface area contributed by atoms with Crippen molar-refractivity contribution in [1.29, 1.82) is 0 Å². The molecule has 110 valence electrons. The molecule has 0 aliphatic heterocycles.